The molecule has 0 heterocycles. The smallest absolute Gasteiger partial charge is 0.242 e. The zero-order valence-corrected chi connectivity index (χ0v) is 20.3. The lowest BCUT2D eigenvalue weighted by atomic mass is 10.1. The molecule has 1 atom stereocenters. The molecular formula is C22H28BrN3O4S. The Bertz CT molecular complexity index is 999. The fraction of sp³-hybridized carbons (Fsp3) is 0.364. The highest BCUT2D eigenvalue weighted by Gasteiger charge is 2.26. The number of nitrogens with zero attached hydrogens (tertiary/aromatic N) is 2. The summed E-state index contributed by atoms with van der Waals surface area (Å²) in [5, 5.41) is 2.58. The zero-order chi connectivity index (χ0) is 23.0. The maximum Gasteiger partial charge on any atom is 0.242 e. The molecule has 31 heavy (non-hydrogen) atoms. The summed E-state index contributed by atoms with van der Waals surface area (Å²) in [4.78, 5) is 26.8. The van der Waals surface area contributed by atoms with Gasteiger partial charge in [0.1, 0.15) is 6.04 Å². The summed E-state index contributed by atoms with van der Waals surface area (Å²) >= 11 is 3.42. The Kier molecular flexibility index (Phi) is 9.06. The predicted octanol–water partition coefficient (Wildman–Crippen LogP) is 3.16. The lowest BCUT2D eigenvalue weighted by Gasteiger charge is -2.29. The Hall–Kier alpha value is -2.39. The average Bonchev–Trinajstić information content (AvgIpc) is 2.73. The van der Waals surface area contributed by atoms with Gasteiger partial charge >= 0.3 is 0 Å². The molecule has 7 nitrogen and oxygen atoms in total. The summed E-state index contributed by atoms with van der Waals surface area (Å²) in [5.41, 5.74) is 1.45. The number of hydrogen-bond donors (Lipinski definition) is 1. The number of carbonyl (C=O) groups excluding carboxylic acids is 2. The Morgan fingerprint density at radius 1 is 1.10 bits per heavy atom. The van der Waals surface area contributed by atoms with Crippen LogP contribution in [0.3, 0.4) is 0 Å². The summed E-state index contributed by atoms with van der Waals surface area (Å²) in [6.45, 7) is 2.14. The Balaban J connectivity index is 2.12. The van der Waals surface area contributed by atoms with Gasteiger partial charge in [-0.05, 0) is 43.2 Å². The molecule has 1 N–H and O–H groups in total. The molecule has 0 aromatic heterocycles. The number of hydrogen-bond acceptors (Lipinski definition) is 4. The normalized spacial score (nSPS) is 12.1. The first-order valence-electron chi connectivity index (χ1n) is 9.91. The fourth-order valence-electron chi connectivity index (χ4n) is 3.22. The third-order valence-corrected chi connectivity index (χ3v) is 6.54. The number of anilines is 1. The molecule has 0 aliphatic rings. The first-order chi connectivity index (χ1) is 14.6. The highest BCUT2D eigenvalue weighted by atomic mass is 79.9. The van der Waals surface area contributed by atoms with Crippen molar-refractivity contribution in [2.75, 3.05) is 24.2 Å². The summed E-state index contributed by atoms with van der Waals surface area (Å²) in [6.07, 6.45) is 1.60. The molecule has 0 saturated carbocycles. The quantitative estimate of drug-likeness (QED) is 0.532. The number of carbonyl (C=O) groups is 2. The molecule has 0 aliphatic carbocycles. The molecule has 2 aromatic rings. The number of nitrogens with one attached hydrogen (secondary N) is 1. The van der Waals surface area contributed by atoms with E-state index in [0.29, 0.717) is 12.1 Å². The largest absolute Gasteiger partial charge is 0.357 e. The first kappa shape index (κ1) is 24.9. The standard InChI is InChI=1S/C22H28BrN3O4S/c1-17(22(28)24-2)25(16-18-9-7-10-19(23)15-18)21(27)13-8-14-26(31(3,29)30)20-11-5-4-6-12-20/h4-7,9-12,15,17H,8,13-14,16H2,1-3H3,(H,24,28). The van der Waals surface area contributed by atoms with E-state index in [2.05, 4.69) is 21.2 Å². The second kappa shape index (κ2) is 11.3. The van der Waals surface area contributed by atoms with Crippen LogP contribution >= 0.6 is 15.9 Å². The number of benzene rings is 2. The van der Waals surface area contributed by atoms with Gasteiger partial charge in [-0.2, -0.15) is 0 Å². The van der Waals surface area contributed by atoms with Crippen LogP contribution in [-0.2, 0) is 26.2 Å². The predicted molar refractivity (Wildman–Crippen MR) is 126 cm³/mol. The monoisotopic (exact) mass is 509 g/mol. The lowest BCUT2D eigenvalue weighted by Crippen LogP contribution is -2.46. The van der Waals surface area contributed by atoms with Crippen LogP contribution in [0.25, 0.3) is 0 Å². The maximum atomic E-state index is 13.0. The third-order valence-electron chi connectivity index (χ3n) is 4.85. The van der Waals surface area contributed by atoms with Crippen molar-refractivity contribution in [3.63, 3.8) is 0 Å². The Morgan fingerprint density at radius 3 is 2.35 bits per heavy atom. The van der Waals surface area contributed by atoms with E-state index in [1.54, 1.807) is 31.2 Å². The molecule has 0 fully saturated rings. The van der Waals surface area contributed by atoms with E-state index >= 15 is 0 Å². The minimum Gasteiger partial charge on any atom is -0.357 e. The van der Waals surface area contributed by atoms with Gasteiger partial charge in [-0.1, -0.05) is 46.3 Å². The van der Waals surface area contributed by atoms with Gasteiger partial charge in [0.05, 0.1) is 11.9 Å². The third kappa shape index (κ3) is 7.36. The Labute approximate surface area is 192 Å². The average molecular weight is 510 g/mol. The molecule has 2 amide bonds. The minimum atomic E-state index is -3.48. The summed E-state index contributed by atoms with van der Waals surface area (Å²) in [5.74, 6) is -0.469. The van der Waals surface area contributed by atoms with Crippen LogP contribution in [0.4, 0.5) is 5.69 Å². The number of amides is 2. The van der Waals surface area contributed by atoms with Gasteiger partial charge in [-0.15, -0.1) is 0 Å². The molecule has 0 spiro atoms. The van der Waals surface area contributed by atoms with Crippen molar-refractivity contribution in [3.05, 3.63) is 64.6 Å². The highest BCUT2D eigenvalue weighted by molar-refractivity contribution is 9.10. The molecule has 0 aliphatic heterocycles. The summed E-state index contributed by atoms with van der Waals surface area (Å²) in [6, 6.07) is 15.7. The van der Waals surface area contributed by atoms with Crippen LogP contribution < -0.4 is 9.62 Å². The Morgan fingerprint density at radius 2 is 1.77 bits per heavy atom. The molecule has 0 radical (unpaired) electrons. The molecular weight excluding hydrogens is 482 g/mol. The lowest BCUT2D eigenvalue weighted by molar-refractivity contribution is -0.140. The second-order valence-electron chi connectivity index (χ2n) is 7.22. The molecule has 0 bridgehead atoms. The van der Waals surface area contributed by atoms with E-state index in [1.165, 1.54) is 16.3 Å². The van der Waals surface area contributed by atoms with Crippen LogP contribution in [-0.4, -0.2) is 51.0 Å². The van der Waals surface area contributed by atoms with Crippen LogP contribution in [0.15, 0.2) is 59.1 Å². The van der Waals surface area contributed by atoms with Gasteiger partial charge in [0.25, 0.3) is 0 Å². The second-order valence-corrected chi connectivity index (χ2v) is 10.0. The van der Waals surface area contributed by atoms with Crippen LogP contribution in [0.2, 0.25) is 0 Å². The molecule has 2 rings (SSSR count). The molecule has 1 unspecified atom stereocenters. The van der Waals surface area contributed by atoms with Gasteiger partial charge in [-0.3, -0.25) is 13.9 Å². The number of sulfonamides is 1. The zero-order valence-electron chi connectivity index (χ0n) is 17.9. The van der Waals surface area contributed by atoms with E-state index in [4.69, 9.17) is 0 Å². The van der Waals surface area contributed by atoms with Gasteiger partial charge in [-0.25, -0.2) is 8.42 Å². The van der Waals surface area contributed by atoms with Gasteiger partial charge < -0.3 is 10.2 Å². The highest BCUT2D eigenvalue weighted by Crippen LogP contribution is 2.19. The van der Waals surface area contributed by atoms with Crippen molar-refractivity contribution in [1.82, 2.24) is 10.2 Å². The van der Waals surface area contributed by atoms with E-state index in [-0.39, 0.29) is 31.3 Å². The number of para-hydroxylation sites is 1. The van der Waals surface area contributed by atoms with Gasteiger partial charge in [0.15, 0.2) is 0 Å². The molecule has 9 heteroatoms. The van der Waals surface area contributed by atoms with Crippen molar-refractivity contribution in [1.29, 1.82) is 0 Å². The van der Waals surface area contributed by atoms with Crippen LogP contribution in [0, 0.1) is 0 Å². The molecule has 168 valence electrons. The van der Waals surface area contributed by atoms with E-state index in [1.807, 2.05) is 30.3 Å². The van der Waals surface area contributed by atoms with E-state index in [0.717, 1.165) is 16.3 Å². The van der Waals surface area contributed by atoms with Gasteiger partial charge in [0.2, 0.25) is 21.8 Å². The van der Waals surface area contributed by atoms with Crippen LogP contribution in [0.1, 0.15) is 25.3 Å². The number of rotatable bonds is 10. The molecule has 0 saturated heterocycles. The maximum absolute atomic E-state index is 13.0. The molecule has 2 aromatic carbocycles. The van der Waals surface area contributed by atoms with Crippen LogP contribution in [0.5, 0.6) is 0 Å². The van der Waals surface area contributed by atoms with E-state index < -0.39 is 16.1 Å². The van der Waals surface area contributed by atoms with Crippen molar-refractivity contribution < 1.29 is 18.0 Å². The minimum absolute atomic E-state index is 0.119. The number of likely N-dealkylation sites (N-methyl/N-ethyl adjacent to an activating group) is 1. The number of halogens is 1. The fourth-order valence-corrected chi connectivity index (χ4v) is 4.63. The van der Waals surface area contributed by atoms with Crippen molar-refractivity contribution in [2.24, 2.45) is 0 Å². The summed E-state index contributed by atoms with van der Waals surface area (Å²) < 4.78 is 26.6. The van der Waals surface area contributed by atoms with Crippen molar-refractivity contribution in [2.45, 2.75) is 32.4 Å². The summed E-state index contributed by atoms with van der Waals surface area (Å²) in [7, 11) is -1.95. The van der Waals surface area contributed by atoms with Gasteiger partial charge in [0, 0.05) is 31.0 Å². The van der Waals surface area contributed by atoms with Crippen molar-refractivity contribution >= 4 is 43.5 Å². The van der Waals surface area contributed by atoms with Crippen molar-refractivity contribution in [3.8, 4) is 0 Å². The van der Waals surface area contributed by atoms with E-state index in [9.17, 15) is 18.0 Å². The first-order valence-corrected chi connectivity index (χ1v) is 12.6. The SMILES string of the molecule is CNC(=O)C(C)N(Cc1cccc(Br)c1)C(=O)CCCN(c1ccccc1)S(C)(=O)=O. The topological polar surface area (TPSA) is 86.8 Å².